The highest BCUT2D eigenvalue weighted by Crippen LogP contribution is 2.35. The Kier molecular flexibility index (Phi) is 9.12. The van der Waals surface area contributed by atoms with E-state index in [2.05, 4.69) is 35.2 Å². The van der Waals surface area contributed by atoms with Crippen LogP contribution < -0.4 is 5.32 Å². The number of thioether (sulfide) groups is 1. The molecule has 5 nitrogen and oxygen atoms in total. The predicted octanol–water partition coefficient (Wildman–Crippen LogP) is 5.48. The molecule has 1 aromatic carbocycles. The number of aromatic nitrogens is 2. The Hall–Kier alpha value is -1.73. The zero-order valence-corrected chi connectivity index (χ0v) is 19.0. The lowest BCUT2D eigenvalue weighted by atomic mass is 10.2. The molecule has 28 heavy (non-hydrogen) atoms. The Bertz CT molecular complexity index is 848. The second kappa shape index (κ2) is 11.3. The average molecular weight is 419 g/mol. The fourth-order valence-corrected chi connectivity index (χ4v) is 4.34. The van der Waals surface area contributed by atoms with Gasteiger partial charge >= 0.3 is 0 Å². The van der Waals surface area contributed by atoms with Crippen molar-refractivity contribution in [3.05, 3.63) is 41.1 Å². The van der Waals surface area contributed by atoms with E-state index in [4.69, 9.17) is 4.99 Å². The molecular formula is C21H30N4OS2. The lowest BCUT2D eigenvalue weighted by Gasteiger charge is -2.18. The lowest BCUT2D eigenvalue weighted by Crippen LogP contribution is -2.13. The number of rotatable bonds is 6. The minimum atomic E-state index is -1.21. The molecule has 1 unspecified atom stereocenters. The van der Waals surface area contributed by atoms with E-state index in [0.29, 0.717) is 11.0 Å². The number of hydrogen-bond donors (Lipinski definition) is 1. The van der Waals surface area contributed by atoms with Crippen LogP contribution in [0.3, 0.4) is 0 Å². The number of nitrogens with one attached hydrogen (secondary N) is 1. The molecule has 0 radical (unpaired) electrons. The number of para-hydroxylation sites is 1. The fraction of sp³-hybridized carbons (Fsp3) is 0.476. The van der Waals surface area contributed by atoms with Crippen molar-refractivity contribution in [1.82, 2.24) is 9.97 Å². The third kappa shape index (κ3) is 5.88. The Morgan fingerprint density at radius 3 is 2.43 bits per heavy atom. The second-order valence-corrected chi connectivity index (χ2v) is 8.80. The van der Waals surface area contributed by atoms with Crippen molar-refractivity contribution in [1.29, 1.82) is 0 Å². The highest BCUT2D eigenvalue weighted by molar-refractivity contribution is 8.13. The van der Waals surface area contributed by atoms with Gasteiger partial charge in [0, 0.05) is 19.1 Å². The highest BCUT2D eigenvalue weighted by atomic mass is 32.2. The monoisotopic (exact) mass is 418 g/mol. The fourth-order valence-electron chi connectivity index (χ4n) is 2.77. The Morgan fingerprint density at radius 1 is 1.14 bits per heavy atom. The van der Waals surface area contributed by atoms with Crippen molar-refractivity contribution >= 4 is 39.1 Å². The molecule has 1 atom stereocenters. The number of anilines is 1. The number of fused-ring (bicyclic) bond motifs is 1. The molecule has 0 aliphatic carbocycles. The first-order chi connectivity index (χ1) is 13.5. The maximum absolute atomic E-state index is 11.6. The Morgan fingerprint density at radius 2 is 1.82 bits per heavy atom. The average Bonchev–Trinajstić information content (AvgIpc) is 2.71. The molecule has 3 rings (SSSR count). The van der Waals surface area contributed by atoms with Gasteiger partial charge in [-0.05, 0) is 18.6 Å². The van der Waals surface area contributed by atoms with Crippen molar-refractivity contribution < 1.29 is 4.21 Å². The summed E-state index contributed by atoms with van der Waals surface area (Å²) in [6, 6.07) is 8.12. The van der Waals surface area contributed by atoms with Crippen molar-refractivity contribution in [2.75, 3.05) is 18.6 Å². The van der Waals surface area contributed by atoms with Crippen molar-refractivity contribution in [2.45, 2.75) is 57.4 Å². The summed E-state index contributed by atoms with van der Waals surface area (Å²) in [6.07, 6.45) is 7.12. The maximum Gasteiger partial charge on any atom is 0.220 e. The summed E-state index contributed by atoms with van der Waals surface area (Å²) >= 11 is 1.67. The van der Waals surface area contributed by atoms with E-state index in [-0.39, 0.29) is 0 Å². The third-order valence-corrected chi connectivity index (χ3v) is 6.03. The molecule has 2 aromatic rings. The topological polar surface area (TPSA) is 67.2 Å². The lowest BCUT2D eigenvalue weighted by molar-refractivity contribution is 0.679. The molecule has 0 saturated heterocycles. The smallest absolute Gasteiger partial charge is 0.220 e. The molecule has 152 valence electrons. The quantitative estimate of drug-likeness (QED) is 0.497. The number of aliphatic imine (C=N–C) groups is 1. The van der Waals surface area contributed by atoms with Crippen LogP contribution in [0.2, 0.25) is 0 Å². The van der Waals surface area contributed by atoms with E-state index in [9.17, 15) is 4.21 Å². The van der Waals surface area contributed by atoms with Crippen LogP contribution in [0.4, 0.5) is 11.5 Å². The summed E-state index contributed by atoms with van der Waals surface area (Å²) in [6.45, 7) is 6.36. The predicted molar refractivity (Wildman–Crippen MR) is 122 cm³/mol. The molecule has 1 N–H and O–H groups in total. The number of nitrogens with zero attached hydrogens (tertiary/aromatic N) is 3. The summed E-state index contributed by atoms with van der Waals surface area (Å²) in [5.74, 6) is 1.54. The first-order valence-electron chi connectivity index (χ1n) is 9.71. The van der Waals surface area contributed by atoms with Crippen molar-refractivity contribution in [2.24, 2.45) is 4.99 Å². The normalized spacial score (nSPS) is 13.7. The molecule has 1 aliphatic rings. The molecule has 0 spiro atoms. The Labute approximate surface area is 175 Å². The van der Waals surface area contributed by atoms with E-state index < -0.39 is 10.8 Å². The Balaban J connectivity index is 0.000000409. The summed E-state index contributed by atoms with van der Waals surface area (Å²) < 4.78 is 11.6. The second-order valence-electron chi connectivity index (χ2n) is 6.56. The minimum Gasteiger partial charge on any atom is -0.372 e. The minimum absolute atomic E-state index is 0.340. The van der Waals surface area contributed by atoms with Gasteiger partial charge < -0.3 is 5.32 Å². The van der Waals surface area contributed by atoms with Crippen LogP contribution in [-0.2, 0) is 16.6 Å². The van der Waals surface area contributed by atoms with Gasteiger partial charge in [-0.25, -0.2) is 15.0 Å². The van der Waals surface area contributed by atoms with Gasteiger partial charge in [-0.1, -0.05) is 57.7 Å². The summed E-state index contributed by atoms with van der Waals surface area (Å²) in [7, 11) is 0.592. The van der Waals surface area contributed by atoms with Gasteiger partial charge in [-0.15, -0.1) is 11.8 Å². The SMILES string of the molecule is CCCCCC.CNc1nc(S(C)=O)nc(C)c1C1=Nc2ccccc2CS1. The highest BCUT2D eigenvalue weighted by Gasteiger charge is 2.21. The molecule has 0 saturated carbocycles. The van der Waals surface area contributed by atoms with Gasteiger partial charge in [0.25, 0.3) is 0 Å². The zero-order chi connectivity index (χ0) is 20.5. The standard InChI is InChI=1S/C15H16N4OS2.C6H14/c1-9-12(13(16-2)19-15(17-9)22(3)20)14-18-11-7-5-4-6-10(11)8-21-14;1-3-5-6-4-2/h4-7H,8H2,1-3H3,(H,16,17,19);3-6H2,1-2H3. The van der Waals surface area contributed by atoms with E-state index in [0.717, 1.165) is 27.7 Å². The summed E-state index contributed by atoms with van der Waals surface area (Å²) in [5.41, 5.74) is 3.89. The molecule has 1 aromatic heterocycles. The maximum atomic E-state index is 11.6. The van der Waals surface area contributed by atoms with Gasteiger partial charge in [0.2, 0.25) is 5.16 Å². The van der Waals surface area contributed by atoms with Gasteiger partial charge in [-0.3, -0.25) is 4.21 Å². The molecule has 0 fully saturated rings. The molecular weight excluding hydrogens is 388 g/mol. The molecule has 0 amide bonds. The van der Waals surface area contributed by atoms with Crippen LogP contribution in [-0.4, -0.2) is 32.5 Å². The largest absolute Gasteiger partial charge is 0.372 e. The molecule has 1 aliphatic heterocycles. The van der Waals surface area contributed by atoms with E-state index in [1.165, 1.54) is 31.2 Å². The molecule has 2 heterocycles. The van der Waals surface area contributed by atoms with Crippen molar-refractivity contribution in [3.8, 4) is 0 Å². The van der Waals surface area contributed by atoms with Gasteiger partial charge in [0.15, 0.2) is 0 Å². The van der Waals surface area contributed by atoms with Gasteiger partial charge in [0.05, 0.1) is 27.7 Å². The van der Waals surface area contributed by atoms with E-state index in [1.54, 1.807) is 25.1 Å². The van der Waals surface area contributed by atoms with Crippen molar-refractivity contribution in [3.63, 3.8) is 0 Å². The first kappa shape index (κ1) is 22.6. The van der Waals surface area contributed by atoms with E-state index >= 15 is 0 Å². The van der Waals surface area contributed by atoms with Gasteiger partial charge in [-0.2, -0.15) is 0 Å². The molecule has 0 bridgehead atoms. The summed E-state index contributed by atoms with van der Waals surface area (Å²) in [4.78, 5) is 13.5. The van der Waals surface area contributed by atoms with Crippen LogP contribution in [0.15, 0.2) is 34.4 Å². The number of aryl methyl sites for hydroxylation is 1. The van der Waals surface area contributed by atoms with Crippen LogP contribution >= 0.6 is 11.8 Å². The van der Waals surface area contributed by atoms with Crippen LogP contribution in [0.25, 0.3) is 0 Å². The molecule has 7 heteroatoms. The van der Waals surface area contributed by atoms with Crippen LogP contribution in [0.5, 0.6) is 0 Å². The number of unbranched alkanes of at least 4 members (excludes halogenated alkanes) is 3. The van der Waals surface area contributed by atoms with Crippen LogP contribution in [0.1, 0.15) is 56.4 Å². The zero-order valence-electron chi connectivity index (χ0n) is 17.4. The number of benzene rings is 1. The number of hydrogen-bond acceptors (Lipinski definition) is 6. The van der Waals surface area contributed by atoms with Gasteiger partial charge in [0.1, 0.15) is 10.9 Å². The third-order valence-electron chi connectivity index (χ3n) is 4.31. The van der Waals surface area contributed by atoms with Crippen LogP contribution in [0, 0.1) is 6.92 Å². The first-order valence-corrected chi connectivity index (χ1v) is 12.3. The summed E-state index contributed by atoms with van der Waals surface area (Å²) in [5, 5.41) is 4.31. The van der Waals surface area contributed by atoms with E-state index in [1.807, 2.05) is 25.1 Å².